The highest BCUT2D eigenvalue weighted by atomic mass is 79.9. The summed E-state index contributed by atoms with van der Waals surface area (Å²) < 4.78 is 1.90. The highest BCUT2D eigenvalue weighted by molar-refractivity contribution is 9.10. The fourth-order valence-corrected chi connectivity index (χ4v) is 3.28. The first-order valence-electron chi connectivity index (χ1n) is 5.54. The predicted octanol–water partition coefficient (Wildman–Crippen LogP) is 5.15. The van der Waals surface area contributed by atoms with E-state index in [0.717, 1.165) is 38.9 Å². The molecule has 0 aliphatic carbocycles. The van der Waals surface area contributed by atoms with Crippen molar-refractivity contribution < 1.29 is 0 Å². The van der Waals surface area contributed by atoms with Crippen LogP contribution in [0.5, 0.6) is 0 Å². The number of hydrogen-bond donors (Lipinski definition) is 1. The maximum atomic E-state index is 6.12. The van der Waals surface area contributed by atoms with Crippen LogP contribution in [-0.4, -0.2) is 6.54 Å². The number of rotatable bonds is 5. The van der Waals surface area contributed by atoms with E-state index in [2.05, 4.69) is 27.3 Å². The molecule has 2 rings (SSSR count). The molecule has 1 aromatic heterocycles. The van der Waals surface area contributed by atoms with Gasteiger partial charge in [0.25, 0.3) is 0 Å². The molecule has 0 saturated carbocycles. The second-order valence-electron chi connectivity index (χ2n) is 3.87. The van der Waals surface area contributed by atoms with Gasteiger partial charge in [0.15, 0.2) is 0 Å². The molecular formula is C13H12BrCl2NS. The van der Waals surface area contributed by atoms with Gasteiger partial charge < -0.3 is 5.32 Å². The van der Waals surface area contributed by atoms with Crippen molar-refractivity contribution in [1.29, 1.82) is 0 Å². The van der Waals surface area contributed by atoms with Crippen LogP contribution in [-0.2, 0) is 13.0 Å². The maximum absolute atomic E-state index is 6.12. The Morgan fingerprint density at radius 1 is 1.17 bits per heavy atom. The predicted molar refractivity (Wildman–Crippen MR) is 83.9 cm³/mol. The quantitative estimate of drug-likeness (QED) is 0.723. The SMILES string of the molecule is Clc1ccc(CCNCc2cc(Br)ccc2Cl)s1. The molecule has 0 bridgehead atoms. The Balaban J connectivity index is 1.80. The molecule has 0 amide bonds. The lowest BCUT2D eigenvalue weighted by Crippen LogP contribution is -2.16. The summed E-state index contributed by atoms with van der Waals surface area (Å²) >= 11 is 17.1. The standard InChI is InChI=1S/C13H12BrCl2NS/c14-10-1-3-12(15)9(7-10)8-17-6-5-11-2-4-13(16)18-11/h1-4,7,17H,5-6,8H2. The molecule has 1 nitrogen and oxygen atoms in total. The minimum Gasteiger partial charge on any atom is -0.312 e. The summed E-state index contributed by atoms with van der Waals surface area (Å²) in [5.74, 6) is 0. The van der Waals surface area contributed by atoms with Crippen LogP contribution in [0.15, 0.2) is 34.8 Å². The second-order valence-corrected chi connectivity index (χ2v) is 6.99. The highest BCUT2D eigenvalue weighted by Gasteiger charge is 2.01. The van der Waals surface area contributed by atoms with Crippen molar-refractivity contribution in [3.8, 4) is 0 Å². The summed E-state index contributed by atoms with van der Waals surface area (Å²) in [6.07, 6.45) is 0.989. The summed E-state index contributed by atoms with van der Waals surface area (Å²) in [7, 11) is 0. The lowest BCUT2D eigenvalue weighted by Gasteiger charge is -2.06. The zero-order chi connectivity index (χ0) is 13.0. The fraction of sp³-hybridized carbons (Fsp3) is 0.231. The van der Waals surface area contributed by atoms with Crippen LogP contribution in [0.25, 0.3) is 0 Å². The smallest absolute Gasteiger partial charge is 0.0931 e. The van der Waals surface area contributed by atoms with Gasteiger partial charge in [0.1, 0.15) is 0 Å². The van der Waals surface area contributed by atoms with Gasteiger partial charge in [0, 0.05) is 27.5 Å². The minimum atomic E-state index is 0.775. The average molecular weight is 365 g/mol. The van der Waals surface area contributed by atoms with Crippen molar-refractivity contribution in [2.45, 2.75) is 13.0 Å². The van der Waals surface area contributed by atoms with Crippen molar-refractivity contribution in [2.24, 2.45) is 0 Å². The van der Waals surface area contributed by atoms with Crippen LogP contribution < -0.4 is 5.32 Å². The Hall–Kier alpha value is -0.0600. The molecule has 1 heterocycles. The average Bonchev–Trinajstić information content (AvgIpc) is 2.75. The van der Waals surface area contributed by atoms with E-state index < -0.39 is 0 Å². The summed E-state index contributed by atoms with van der Waals surface area (Å²) in [4.78, 5) is 1.30. The van der Waals surface area contributed by atoms with E-state index in [9.17, 15) is 0 Å². The van der Waals surface area contributed by atoms with Gasteiger partial charge in [-0.15, -0.1) is 11.3 Å². The van der Waals surface area contributed by atoms with Crippen molar-refractivity contribution in [3.63, 3.8) is 0 Å². The number of hydrogen-bond acceptors (Lipinski definition) is 2. The third kappa shape index (κ3) is 4.25. The third-order valence-electron chi connectivity index (χ3n) is 2.50. The Morgan fingerprint density at radius 2 is 2.00 bits per heavy atom. The van der Waals surface area contributed by atoms with E-state index in [1.165, 1.54) is 4.88 Å². The second kappa shape index (κ2) is 6.92. The first-order valence-corrected chi connectivity index (χ1v) is 7.90. The number of nitrogens with one attached hydrogen (secondary N) is 1. The van der Waals surface area contributed by atoms with Crippen LogP contribution in [0.2, 0.25) is 9.36 Å². The first-order chi connectivity index (χ1) is 8.65. The van der Waals surface area contributed by atoms with Crippen LogP contribution in [0.1, 0.15) is 10.4 Å². The number of halogens is 3. The van der Waals surface area contributed by atoms with Crippen LogP contribution >= 0.6 is 50.5 Å². The van der Waals surface area contributed by atoms with E-state index in [0.29, 0.717) is 0 Å². The van der Waals surface area contributed by atoms with E-state index in [-0.39, 0.29) is 0 Å². The molecule has 96 valence electrons. The molecule has 0 unspecified atom stereocenters. The normalized spacial score (nSPS) is 10.8. The zero-order valence-electron chi connectivity index (χ0n) is 9.55. The molecule has 0 aliphatic heterocycles. The Labute approximate surface area is 129 Å². The molecule has 18 heavy (non-hydrogen) atoms. The van der Waals surface area contributed by atoms with Gasteiger partial charge in [-0.1, -0.05) is 39.1 Å². The molecular weight excluding hydrogens is 353 g/mol. The molecule has 0 fully saturated rings. The van der Waals surface area contributed by atoms with E-state index >= 15 is 0 Å². The lowest BCUT2D eigenvalue weighted by atomic mass is 10.2. The molecule has 0 atom stereocenters. The van der Waals surface area contributed by atoms with Crippen LogP contribution in [0, 0.1) is 0 Å². The summed E-state index contributed by atoms with van der Waals surface area (Å²) in [5, 5.41) is 4.18. The Bertz CT molecular complexity index is 527. The van der Waals surface area contributed by atoms with E-state index in [4.69, 9.17) is 23.2 Å². The number of thiophene rings is 1. The molecule has 5 heteroatoms. The molecule has 0 spiro atoms. The van der Waals surface area contributed by atoms with Gasteiger partial charge >= 0.3 is 0 Å². The van der Waals surface area contributed by atoms with E-state index in [1.807, 2.05) is 24.3 Å². The van der Waals surface area contributed by atoms with Crippen molar-refractivity contribution in [1.82, 2.24) is 5.32 Å². The molecule has 0 radical (unpaired) electrons. The van der Waals surface area contributed by atoms with Gasteiger partial charge in [-0.2, -0.15) is 0 Å². The van der Waals surface area contributed by atoms with E-state index in [1.54, 1.807) is 11.3 Å². The molecule has 1 N–H and O–H groups in total. The lowest BCUT2D eigenvalue weighted by molar-refractivity contribution is 0.690. The Kier molecular flexibility index (Phi) is 5.52. The van der Waals surface area contributed by atoms with Gasteiger partial charge in [0.2, 0.25) is 0 Å². The van der Waals surface area contributed by atoms with Gasteiger partial charge in [-0.05, 0) is 42.3 Å². The highest BCUT2D eigenvalue weighted by Crippen LogP contribution is 2.22. The zero-order valence-corrected chi connectivity index (χ0v) is 13.5. The monoisotopic (exact) mass is 363 g/mol. The maximum Gasteiger partial charge on any atom is 0.0931 e. The molecule has 1 aromatic carbocycles. The van der Waals surface area contributed by atoms with Crippen molar-refractivity contribution >= 4 is 50.5 Å². The van der Waals surface area contributed by atoms with Gasteiger partial charge in [-0.3, -0.25) is 0 Å². The topological polar surface area (TPSA) is 12.0 Å². The molecule has 2 aromatic rings. The summed E-state index contributed by atoms with van der Waals surface area (Å²) in [6, 6.07) is 9.89. The Morgan fingerprint density at radius 3 is 2.72 bits per heavy atom. The number of benzene rings is 1. The van der Waals surface area contributed by atoms with Gasteiger partial charge in [-0.25, -0.2) is 0 Å². The minimum absolute atomic E-state index is 0.775. The third-order valence-corrected chi connectivity index (χ3v) is 4.65. The van der Waals surface area contributed by atoms with Crippen molar-refractivity contribution in [2.75, 3.05) is 6.54 Å². The first kappa shape index (κ1) is 14.4. The van der Waals surface area contributed by atoms with Crippen molar-refractivity contribution in [3.05, 3.63) is 54.6 Å². The molecule has 0 aliphatic rings. The van der Waals surface area contributed by atoms with Crippen LogP contribution in [0.4, 0.5) is 0 Å². The van der Waals surface area contributed by atoms with Gasteiger partial charge in [0.05, 0.1) is 4.34 Å². The largest absolute Gasteiger partial charge is 0.312 e. The fourth-order valence-electron chi connectivity index (χ4n) is 1.60. The molecule has 0 saturated heterocycles. The summed E-state index contributed by atoms with van der Waals surface area (Å²) in [6.45, 7) is 1.69. The van der Waals surface area contributed by atoms with Crippen LogP contribution in [0.3, 0.4) is 0 Å². The summed E-state index contributed by atoms with van der Waals surface area (Å²) in [5.41, 5.74) is 1.11.